The van der Waals surface area contributed by atoms with E-state index in [1.165, 1.54) is 0 Å². The molecule has 1 unspecified atom stereocenters. The maximum absolute atomic E-state index is 14.9. The lowest BCUT2D eigenvalue weighted by Crippen LogP contribution is -2.19. The molecule has 0 amide bonds. The van der Waals surface area contributed by atoms with Gasteiger partial charge in [0.2, 0.25) is 0 Å². The van der Waals surface area contributed by atoms with Gasteiger partial charge in [-0.25, -0.2) is 4.39 Å². The van der Waals surface area contributed by atoms with Gasteiger partial charge in [0.25, 0.3) is 0 Å². The first-order valence-electron chi connectivity index (χ1n) is 10.1. The minimum atomic E-state index is -4.90. The number of hydrogen-bond acceptors (Lipinski definition) is 2. The summed E-state index contributed by atoms with van der Waals surface area (Å²) in [7, 11) is 0. The van der Waals surface area contributed by atoms with Crippen LogP contribution in [-0.4, -0.2) is 29.6 Å². The standard InChI is InChI=1S/C23H17Cl4F7OS/c1-11(9-36-10-22(29,30)31)4-20(35)14-3-2-12(5-16(14)24)19(28)8-15(23(32,33)34)13-6-17(25)21(27)18(26)7-13/h2-3,5-8,11,15H,4,9-10H2,1H3/b19-8-/t11-,15?/m0/s1. The topological polar surface area (TPSA) is 17.1 Å². The van der Waals surface area contributed by atoms with E-state index in [-0.39, 0.29) is 43.4 Å². The van der Waals surface area contributed by atoms with E-state index in [0.29, 0.717) is 17.8 Å². The van der Waals surface area contributed by atoms with Gasteiger partial charge in [0.1, 0.15) is 11.7 Å². The molecular formula is C23H17Cl4F7OS. The summed E-state index contributed by atoms with van der Waals surface area (Å²) in [6.45, 7) is 1.60. The molecule has 0 radical (unpaired) electrons. The number of ketones is 1. The second-order valence-electron chi connectivity index (χ2n) is 7.89. The van der Waals surface area contributed by atoms with E-state index >= 15 is 0 Å². The zero-order valence-electron chi connectivity index (χ0n) is 18.2. The predicted molar refractivity (Wildman–Crippen MR) is 132 cm³/mol. The molecule has 0 bridgehead atoms. The van der Waals surface area contributed by atoms with Gasteiger partial charge in [-0.2, -0.15) is 38.1 Å². The van der Waals surface area contributed by atoms with E-state index < -0.39 is 47.1 Å². The maximum atomic E-state index is 14.9. The van der Waals surface area contributed by atoms with Gasteiger partial charge in [-0.3, -0.25) is 4.79 Å². The molecule has 2 atom stereocenters. The van der Waals surface area contributed by atoms with Crippen LogP contribution in [-0.2, 0) is 0 Å². The van der Waals surface area contributed by atoms with Crippen LogP contribution in [0.2, 0.25) is 20.1 Å². The zero-order valence-corrected chi connectivity index (χ0v) is 22.1. The summed E-state index contributed by atoms with van der Waals surface area (Å²) in [6.07, 6.45) is -9.01. The van der Waals surface area contributed by atoms with Crippen molar-refractivity contribution in [2.75, 3.05) is 11.5 Å². The lowest BCUT2D eigenvalue weighted by atomic mass is 9.95. The van der Waals surface area contributed by atoms with Gasteiger partial charge in [0.15, 0.2) is 5.78 Å². The molecule has 198 valence electrons. The number of rotatable bonds is 9. The number of carbonyl (C=O) groups excluding carboxylic acids is 1. The first-order chi connectivity index (χ1) is 16.5. The highest BCUT2D eigenvalue weighted by atomic mass is 35.5. The van der Waals surface area contributed by atoms with Gasteiger partial charge in [-0.1, -0.05) is 59.4 Å². The quantitative estimate of drug-likeness (QED) is 0.159. The van der Waals surface area contributed by atoms with Crippen molar-refractivity contribution in [3.05, 3.63) is 73.2 Å². The Hall–Kier alpha value is -1.13. The number of halogens is 11. The largest absolute Gasteiger partial charge is 0.399 e. The fraction of sp³-hybridized carbons (Fsp3) is 0.348. The Kier molecular flexibility index (Phi) is 10.9. The number of thioether (sulfide) groups is 1. The molecular weight excluding hydrogens is 599 g/mol. The average Bonchev–Trinajstić information content (AvgIpc) is 2.73. The summed E-state index contributed by atoms with van der Waals surface area (Å²) in [5.41, 5.74) is -0.775. The first kappa shape index (κ1) is 31.1. The van der Waals surface area contributed by atoms with E-state index in [2.05, 4.69) is 0 Å². The van der Waals surface area contributed by atoms with Gasteiger partial charge in [-0.15, -0.1) is 0 Å². The van der Waals surface area contributed by atoms with E-state index in [4.69, 9.17) is 46.4 Å². The fourth-order valence-corrected chi connectivity index (χ4v) is 4.90. The smallest absolute Gasteiger partial charge is 0.294 e. The Labute approximate surface area is 226 Å². The van der Waals surface area contributed by atoms with Crippen LogP contribution in [0.4, 0.5) is 30.7 Å². The Balaban J connectivity index is 2.24. The summed E-state index contributed by atoms with van der Waals surface area (Å²) in [4.78, 5) is 12.5. The Morgan fingerprint density at radius 1 is 0.972 bits per heavy atom. The van der Waals surface area contributed by atoms with Crippen molar-refractivity contribution in [2.24, 2.45) is 5.92 Å². The number of carbonyl (C=O) groups is 1. The minimum absolute atomic E-state index is 0.0236. The highest BCUT2D eigenvalue weighted by Crippen LogP contribution is 2.42. The molecule has 0 aromatic heterocycles. The fourth-order valence-electron chi connectivity index (χ4n) is 3.13. The molecule has 2 aromatic rings. The van der Waals surface area contributed by atoms with Crippen LogP contribution < -0.4 is 0 Å². The van der Waals surface area contributed by atoms with Crippen LogP contribution in [0.1, 0.15) is 40.7 Å². The molecule has 36 heavy (non-hydrogen) atoms. The lowest BCUT2D eigenvalue weighted by molar-refractivity contribution is -0.139. The Morgan fingerprint density at radius 3 is 2.06 bits per heavy atom. The molecule has 1 nitrogen and oxygen atoms in total. The third-order valence-electron chi connectivity index (χ3n) is 4.78. The monoisotopic (exact) mass is 614 g/mol. The molecule has 2 rings (SSSR count). The van der Waals surface area contributed by atoms with Gasteiger partial charge in [-0.05, 0) is 47.6 Å². The third-order valence-corrected chi connectivity index (χ3v) is 7.62. The normalized spacial score (nSPS) is 14.6. The van der Waals surface area contributed by atoms with Gasteiger partial charge >= 0.3 is 12.4 Å². The molecule has 0 aliphatic carbocycles. The molecule has 0 heterocycles. The van der Waals surface area contributed by atoms with Crippen molar-refractivity contribution in [1.82, 2.24) is 0 Å². The summed E-state index contributed by atoms with van der Waals surface area (Å²) >= 11 is 24.1. The van der Waals surface area contributed by atoms with Crippen molar-refractivity contribution < 1.29 is 35.5 Å². The zero-order chi connectivity index (χ0) is 27.4. The second-order valence-corrected chi connectivity index (χ2v) is 10.5. The molecule has 0 saturated heterocycles. The Bertz CT molecular complexity index is 1110. The predicted octanol–water partition coefficient (Wildman–Crippen LogP) is 10.5. The number of benzene rings is 2. The molecule has 0 aliphatic heterocycles. The van der Waals surface area contributed by atoms with Crippen molar-refractivity contribution in [2.45, 2.75) is 31.6 Å². The van der Waals surface area contributed by atoms with E-state index in [1.807, 2.05) is 0 Å². The summed E-state index contributed by atoms with van der Waals surface area (Å²) in [6, 6.07) is 5.10. The first-order valence-corrected chi connectivity index (χ1v) is 12.7. The number of Topliss-reactive ketones (excluding diaryl/α,β-unsaturated/α-hetero) is 1. The van der Waals surface area contributed by atoms with Crippen LogP contribution in [0, 0.1) is 5.92 Å². The summed E-state index contributed by atoms with van der Waals surface area (Å²) in [5.74, 6) is -5.54. The molecule has 0 spiro atoms. The number of allylic oxidation sites excluding steroid dienone is 1. The van der Waals surface area contributed by atoms with Gasteiger partial charge in [0, 0.05) is 17.5 Å². The minimum Gasteiger partial charge on any atom is -0.294 e. The summed E-state index contributed by atoms with van der Waals surface area (Å²) < 4.78 is 92.8. The average molecular weight is 616 g/mol. The van der Waals surface area contributed by atoms with Crippen LogP contribution >= 0.6 is 58.2 Å². The van der Waals surface area contributed by atoms with Crippen LogP contribution in [0.15, 0.2) is 36.4 Å². The molecule has 13 heteroatoms. The lowest BCUT2D eigenvalue weighted by Gasteiger charge is -2.19. The van der Waals surface area contributed by atoms with E-state index in [1.54, 1.807) is 6.92 Å². The molecule has 0 saturated carbocycles. The molecule has 0 N–H and O–H groups in total. The third kappa shape index (κ3) is 9.01. The van der Waals surface area contributed by atoms with Crippen LogP contribution in [0.3, 0.4) is 0 Å². The molecule has 0 fully saturated rings. The van der Waals surface area contributed by atoms with Crippen LogP contribution in [0.5, 0.6) is 0 Å². The van der Waals surface area contributed by atoms with Crippen molar-refractivity contribution in [1.29, 1.82) is 0 Å². The van der Waals surface area contributed by atoms with E-state index in [0.717, 1.165) is 30.3 Å². The van der Waals surface area contributed by atoms with Crippen molar-refractivity contribution in [3.8, 4) is 0 Å². The van der Waals surface area contributed by atoms with Gasteiger partial charge in [0.05, 0.1) is 25.8 Å². The van der Waals surface area contributed by atoms with Crippen LogP contribution in [0.25, 0.3) is 5.83 Å². The number of alkyl halides is 6. The summed E-state index contributed by atoms with van der Waals surface area (Å²) in [5, 5.41) is -0.830. The highest BCUT2D eigenvalue weighted by molar-refractivity contribution is 7.99. The SMILES string of the molecule is C[C@H](CSCC(F)(F)F)CC(=O)c1ccc(/C(F)=C/C(c2cc(Cl)c(Cl)c(Cl)c2)C(F)(F)F)cc1Cl. The van der Waals surface area contributed by atoms with Crippen molar-refractivity contribution in [3.63, 3.8) is 0 Å². The van der Waals surface area contributed by atoms with E-state index in [9.17, 15) is 35.5 Å². The highest BCUT2D eigenvalue weighted by Gasteiger charge is 2.40. The maximum Gasteiger partial charge on any atom is 0.399 e. The molecule has 0 aliphatic rings. The second kappa shape index (κ2) is 12.6. The van der Waals surface area contributed by atoms with Gasteiger partial charge < -0.3 is 0 Å². The van der Waals surface area contributed by atoms with Crippen molar-refractivity contribution >= 4 is 69.8 Å². The number of hydrogen-bond donors (Lipinski definition) is 0. The molecule has 2 aromatic carbocycles. The Morgan fingerprint density at radius 2 is 1.56 bits per heavy atom.